The van der Waals surface area contributed by atoms with E-state index in [-0.39, 0.29) is 0 Å². The fourth-order valence-electron chi connectivity index (χ4n) is 2.38. The molecule has 1 heterocycles. The van der Waals surface area contributed by atoms with Crippen LogP contribution in [-0.4, -0.2) is 62.7 Å². The van der Waals surface area contributed by atoms with Gasteiger partial charge in [-0.2, -0.15) is 0 Å². The molecule has 104 valence electrons. The van der Waals surface area contributed by atoms with E-state index in [0.29, 0.717) is 0 Å². The van der Waals surface area contributed by atoms with Gasteiger partial charge >= 0.3 is 0 Å². The Kier molecular flexibility index (Phi) is 10.9. The third-order valence-electron chi connectivity index (χ3n) is 3.36. The van der Waals surface area contributed by atoms with E-state index in [1.165, 1.54) is 45.4 Å². The molecule has 0 spiro atoms. The third kappa shape index (κ3) is 7.02. The lowest BCUT2D eigenvalue weighted by molar-refractivity contribution is 0.122. The molecule has 1 N–H and O–H groups in total. The predicted molar refractivity (Wildman–Crippen MR) is 77.7 cm³/mol. The summed E-state index contributed by atoms with van der Waals surface area (Å²) >= 11 is 0. The van der Waals surface area contributed by atoms with Gasteiger partial charge in [0, 0.05) is 19.1 Å². The molecular weight excluding hydrogens is 210 g/mol. The Bertz CT molecular complexity index is 154. The zero-order valence-corrected chi connectivity index (χ0v) is 12.6. The molecule has 0 radical (unpaired) electrons. The first-order chi connectivity index (χ1) is 8.27. The molecule has 0 aromatic rings. The van der Waals surface area contributed by atoms with Crippen LogP contribution in [0.25, 0.3) is 0 Å². The smallest absolute Gasteiger partial charge is 0.0120 e. The molecule has 0 aromatic heterocycles. The van der Waals surface area contributed by atoms with Gasteiger partial charge in [0.15, 0.2) is 0 Å². The average molecular weight is 243 g/mol. The van der Waals surface area contributed by atoms with Crippen LogP contribution in [0.2, 0.25) is 0 Å². The Labute approximate surface area is 109 Å². The maximum atomic E-state index is 3.25. The summed E-state index contributed by atoms with van der Waals surface area (Å²) in [6.07, 6.45) is 3.97. The number of piperidine rings is 1. The van der Waals surface area contributed by atoms with Crippen LogP contribution in [0, 0.1) is 0 Å². The van der Waals surface area contributed by atoms with Gasteiger partial charge in [-0.15, -0.1) is 0 Å². The van der Waals surface area contributed by atoms with Crippen molar-refractivity contribution in [2.75, 3.05) is 46.8 Å². The van der Waals surface area contributed by atoms with Crippen LogP contribution in [0.3, 0.4) is 0 Å². The first-order valence-electron chi connectivity index (χ1n) is 7.35. The van der Waals surface area contributed by atoms with Gasteiger partial charge in [0.05, 0.1) is 0 Å². The Morgan fingerprint density at radius 3 is 2.24 bits per heavy atom. The number of likely N-dealkylation sites (N-methyl/N-ethyl adjacent to an activating group) is 1. The standard InChI is InChI=1S/C12H27N3.C2H6/c1-4-8-15(11-7-13-2)12-5-9-14(3)10-6-12;1-2/h12-13H,4-11H2,1-3H3;1-2H3. The fraction of sp³-hybridized carbons (Fsp3) is 1.00. The fourth-order valence-corrected chi connectivity index (χ4v) is 2.38. The second-order valence-electron chi connectivity index (χ2n) is 4.67. The maximum Gasteiger partial charge on any atom is 0.0120 e. The zero-order valence-electron chi connectivity index (χ0n) is 12.6. The van der Waals surface area contributed by atoms with Gasteiger partial charge in [0.1, 0.15) is 0 Å². The second kappa shape index (κ2) is 11.0. The summed E-state index contributed by atoms with van der Waals surface area (Å²) in [5.41, 5.74) is 0. The van der Waals surface area contributed by atoms with Crippen LogP contribution < -0.4 is 5.32 Å². The van der Waals surface area contributed by atoms with Gasteiger partial charge in [-0.05, 0) is 53.0 Å². The average Bonchev–Trinajstić information content (AvgIpc) is 2.38. The van der Waals surface area contributed by atoms with Crippen LogP contribution in [0.15, 0.2) is 0 Å². The summed E-state index contributed by atoms with van der Waals surface area (Å²) in [6.45, 7) is 12.4. The van der Waals surface area contributed by atoms with E-state index < -0.39 is 0 Å². The molecule has 3 nitrogen and oxygen atoms in total. The van der Waals surface area contributed by atoms with E-state index in [9.17, 15) is 0 Å². The van der Waals surface area contributed by atoms with E-state index in [0.717, 1.165) is 12.6 Å². The third-order valence-corrected chi connectivity index (χ3v) is 3.36. The van der Waals surface area contributed by atoms with Crippen molar-refractivity contribution < 1.29 is 0 Å². The zero-order chi connectivity index (χ0) is 13.1. The van der Waals surface area contributed by atoms with Crippen molar-refractivity contribution in [2.45, 2.75) is 46.1 Å². The largest absolute Gasteiger partial charge is 0.318 e. The molecule has 17 heavy (non-hydrogen) atoms. The number of rotatable bonds is 6. The SMILES string of the molecule is CC.CCCN(CCNC)C1CCN(C)CC1. The Morgan fingerprint density at radius 1 is 1.18 bits per heavy atom. The lowest BCUT2D eigenvalue weighted by Gasteiger charge is -2.37. The summed E-state index contributed by atoms with van der Waals surface area (Å²) in [5.74, 6) is 0. The van der Waals surface area contributed by atoms with Crippen molar-refractivity contribution in [1.29, 1.82) is 0 Å². The molecule has 0 amide bonds. The van der Waals surface area contributed by atoms with Crippen molar-refractivity contribution in [3.8, 4) is 0 Å². The number of nitrogens with zero attached hydrogens (tertiary/aromatic N) is 2. The van der Waals surface area contributed by atoms with Crippen LogP contribution >= 0.6 is 0 Å². The molecule has 0 unspecified atom stereocenters. The first kappa shape index (κ1) is 16.9. The van der Waals surface area contributed by atoms with E-state index in [1.807, 2.05) is 20.9 Å². The molecule has 1 saturated heterocycles. The van der Waals surface area contributed by atoms with Crippen LogP contribution in [-0.2, 0) is 0 Å². The Hall–Kier alpha value is -0.120. The highest BCUT2D eigenvalue weighted by atomic mass is 15.2. The first-order valence-corrected chi connectivity index (χ1v) is 7.35. The summed E-state index contributed by atoms with van der Waals surface area (Å²) in [6, 6.07) is 0.828. The van der Waals surface area contributed by atoms with Gasteiger partial charge < -0.3 is 10.2 Å². The lowest BCUT2D eigenvalue weighted by atomic mass is 10.0. The van der Waals surface area contributed by atoms with E-state index in [1.54, 1.807) is 0 Å². The highest BCUT2D eigenvalue weighted by Crippen LogP contribution is 2.15. The quantitative estimate of drug-likeness (QED) is 0.770. The Balaban J connectivity index is 0.00000121. The van der Waals surface area contributed by atoms with Crippen molar-refractivity contribution >= 4 is 0 Å². The number of hydrogen-bond acceptors (Lipinski definition) is 3. The molecule has 3 heteroatoms. The van der Waals surface area contributed by atoms with Crippen molar-refractivity contribution in [3.05, 3.63) is 0 Å². The van der Waals surface area contributed by atoms with Gasteiger partial charge in [-0.1, -0.05) is 20.8 Å². The number of likely N-dealkylation sites (tertiary alicyclic amines) is 1. The highest BCUT2D eigenvalue weighted by molar-refractivity contribution is 4.78. The minimum absolute atomic E-state index is 0.828. The molecule has 1 aliphatic rings. The van der Waals surface area contributed by atoms with E-state index in [2.05, 4.69) is 29.1 Å². The topological polar surface area (TPSA) is 18.5 Å². The van der Waals surface area contributed by atoms with Crippen molar-refractivity contribution in [1.82, 2.24) is 15.1 Å². The number of nitrogens with one attached hydrogen (secondary N) is 1. The molecule has 1 rings (SSSR count). The molecular formula is C14H33N3. The summed E-state index contributed by atoms with van der Waals surface area (Å²) in [7, 11) is 4.27. The van der Waals surface area contributed by atoms with Gasteiger partial charge in [0.25, 0.3) is 0 Å². The predicted octanol–water partition coefficient (Wildman–Crippen LogP) is 2.04. The van der Waals surface area contributed by atoms with Gasteiger partial charge in [0.2, 0.25) is 0 Å². The second-order valence-corrected chi connectivity index (χ2v) is 4.67. The highest BCUT2D eigenvalue weighted by Gasteiger charge is 2.21. The van der Waals surface area contributed by atoms with Crippen LogP contribution in [0.4, 0.5) is 0 Å². The molecule has 0 atom stereocenters. The summed E-state index contributed by atoms with van der Waals surface area (Å²) < 4.78 is 0. The van der Waals surface area contributed by atoms with Gasteiger partial charge in [-0.3, -0.25) is 4.90 Å². The Morgan fingerprint density at radius 2 is 1.76 bits per heavy atom. The van der Waals surface area contributed by atoms with Crippen molar-refractivity contribution in [2.24, 2.45) is 0 Å². The van der Waals surface area contributed by atoms with Crippen LogP contribution in [0.1, 0.15) is 40.0 Å². The normalized spacial score (nSPS) is 18.0. The molecule has 0 aliphatic carbocycles. The molecule has 1 fully saturated rings. The minimum atomic E-state index is 0.828. The maximum absolute atomic E-state index is 3.25. The van der Waals surface area contributed by atoms with Crippen molar-refractivity contribution in [3.63, 3.8) is 0 Å². The van der Waals surface area contributed by atoms with Gasteiger partial charge in [-0.25, -0.2) is 0 Å². The van der Waals surface area contributed by atoms with E-state index in [4.69, 9.17) is 0 Å². The molecule has 0 bridgehead atoms. The number of hydrogen-bond donors (Lipinski definition) is 1. The lowest BCUT2D eigenvalue weighted by Crippen LogP contribution is -2.46. The molecule has 0 saturated carbocycles. The minimum Gasteiger partial charge on any atom is -0.318 e. The molecule has 1 aliphatic heterocycles. The molecule has 0 aromatic carbocycles. The summed E-state index contributed by atoms with van der Waals surface area (Å²) in [5, 5.41) is 3.25. The van der Waals surface area contributed by atoms with E-state index >= 15 is 0 Å². The van der Waals surface area contributed by atoms with Crippen LogP contribution in [0.5, 0.6) is 0 Å². The summed E-state index contributed by atoms with van der Waals surface area (Å²) in [4.78, 5) is 5.11. The monoisotopic (exact) mass is 243 g/mol.